The fraction of sp³-hybridized carbons (Fsp3) is 0.353. The van der Waals surface area contributed by atoms with E-state index < -0.39 is 0 Å². The SMILES string of the molecule is Cc1ccc(-n2nc(C(C)(C)C)cc2NC(=O)Nc2ccc(C(C(=O)c3cccnc3C)C3CCNCC3)cc2)cc1. The zero-order chi connectivity index (χ0) is 29.9. The van der Waals surface area contributed by atoms with E-state index in [-0.39, 0.29) is 29.1 Å². The summed E-state index contributed by atoms with van der Waals surface area (Å²) in [5, 5.41) is 14.1. The molecule has 1 saturated heterocycles. The second-order valence-electron chi connectivity index (χ2n) is 12.2. The Kier molecular flexibility index (Phi) is 8.54. The minimum absolute atomic E-state index is 0.102. The van der Waals surface area contributed by atoms with Crippen LogP contribution in [0.5, 0.6) is 0 Å². The van der Waals surface area contributed by atoms with Crippen molar-refractivity contribution >= 4 is 23.3 Å². The summed E-state index contributed by atoms with van der Waals surface area (Å²) in [6.45, 7) is 12.0. The second kappa shape index (κ2) is 12.3. The van der Waals surface area contributed by atoms with Crippen LogP contribution in [0.2, 0.25) is 0 Å². The number of urea groups is 1. The number of benzene rings is 2. The number of aromatic nitrogens is 3. The molecule has 1 aliphatic rings. The van der Waals surface area contributed by atoms with E-state index in [1.54, 1.807) is 10.9 Å². The Morgan fingerprint density at radius 3 is 2.29 bits per heavy atom. The molecule has 42 heavy (non-hydrogen) atoms. The van der Waals surface area contributed by atoms with Gasteiger partial charge in [-0.2, -0.15) is 5.10 Å². The predicted octanol–water partition coefficient (Wildman–Crippen LogP) is 6.79. The van der Waals surface area contributed by atoms with Gasteiger partial charge < -0.3 is 10.6 Å². The average molecular weight is 565 g/mol. The minimum Gasteiger partial charge on any atom is -0.317 e. The zero-order valence-electron chi connectivity index (χ0n) is 25.1. The molecule has 2 aromatic heterocycles. The van der Waals surface area contributed by atoms with Crippen LogP contribution in [0, 0.1) is 19.8 Å². The molecular weight excluding hydrogens is 524 g/mol. The smallest absolute Gasteiger partial charge is 0.317 e. The van der Waals surface area contributed by atoms with Crippen molar-refractivity contribution in [1.29, 1.82) is 0 Å². The van der Waals surface area contributed by atoms with E-state index in [1.807, 2.05) is 80.6 Å². The number of carbonyl (C=O) groups is 2. The first-order chi connectivity index (χ1) is 20.1. The van der Waals surface area contributed by atoms with Crippen LogP contribution in [-0.2, 0) is 5.41 Å². The van der Waals surface area contributed by atoms with Gasteiger partial charge in [-0.15, -0.1) is 0 Å². The number of pyridine rings is 1. The van der Waals surface area contributed by atoms with Crippen LogP contribution < -0.4 is 16.0 Å². The van der Waals surface area contributed by atoms with E-state index in [0.717, 1.165) is 54.1 Å². The largest absolute Gasteiger partial charge is 0.324 e. The Morgan fingerprint density at radius 1 is 0.952 bits per heavy atom. The van der Waals surface area contributed by atoms with Crippen molar-refractivity contribution in [3.8, 4) is 5.69 Å². The number of carbonyl (C=O) groups excluding carboxylic acids is 2. The van der Waals surface area contributed by atoms with E-state index in [1.165, 1.54) is 0 Å². The summed E-state index contributed by atoms with van der Waals surface area (Å²) >= 11 is 0. The lowest BCUT2D eigenvalue weighted by Crippen LogP contribution is -2.34. The van der Waals surface area contributed by atoms with Crippen LogP contribution in [0.4, 0.5) is 16.3 Å². The van der Waals surface area contributed by atoms with Gasteiger partial charge >= 0.3 is 6.03 Å². The van der Waals surface area contributed by atoms with Gasteiger partial charge in [0.15, 0.2) is 5.78 Å². The molecular formula is C34H40N6O2. The molecule has 8 nitrogen and oxygen atoms in total. The highest BCUT2D eigenvalue weighted by Crippen LogP contribution is 2.35. The van der Waals surface area contributed by atoms with Crippen LogP contribution in [0.1, 0.15) is 72.4 Å². The summed E-state index contributed by atoms with van der Waals surface area (Å²) in [6.07, 6.45) is 3.58. The van der Waals surface area contributed by atoms with E-state index in [2.05, 4.69) is 41.7 Å². The minimum atomic E-state index is -0.367. The maximum atomic E-state index is 13.8. The Balaban J connectivity index is 1.35. The van der Waals surface area contributed by atoms with Crippen LogP contribution >= 0.6 is 0 Å². The molecule has 1 atom stereocenters. The van der Waals surface area contributed by atoms with Gasteiger partial charge in [-0.1, -0.05) is 50.6 Å². The summed E-state index contributed by atoms with van der Waals surface area (Å²) in [6, 6.07) is 20.9. The first-order valence-corrected chi connectivity index (χ1v) is 14.6. The Morgan fingerprint density at radius 2 is 1.64 bits per heavy atom. The standard InChI is InChI=1S/C34H40N6O2/c1-22-8-14-27(15-9-22)40-30(21-29(39-40)34(3,4)5)38-33(42)37-26-12-10-24(11-13-26)31(25-16-19-35-20-17-25)32(41)28-7-6-18-36-23(28)2/h6-15,18,21,25,31,35H,16-17,19-20H2,1-5H3,(H2,37,38,42). The van der Waals surface area contributed by atoms with Gasteiger partial charge in [0, 0.05) is 34.6 Å². The third kappa shape index (κ3) is 6.60. The predicted molar refractivity (Wildman–Crippen MR) is 168 cm³/mol. The molecule has 3 heterocycles. The van der Waals surface area contributed by atoms with Crippen LogP contribution in [0.15, 0.2) is 72.9 Å². The molecule has 218 valence electrons. The first kappa shape index (κ1) is 29.2. The summed E-state index contributed by atoms with van der Waals surface area (Å²) in [4.78, 5) is 31.3. The van der Waals surface area contributed by atoms with Crippen LogP contribution in [0.3, 0.4) is 0 Å². The molecule has 5 rings (SSSR count). The van der Waals surface area contributed by atoms with Gasteiger partial charge in [0.1, 0.15) is 5.82 Å². The van der Waals surface area contributed by atoms with Gasteiger partial charge in [-0.3, -0.25) is 15.1 Å². The lowest BCUT2D eigenvalue weighted by Gasteiger charge is -2.30. The number of aryl methyl sites for hydroxylation is 2. The van der Waals surface area contributed by atoms with Crippen molar-refractivity contribution in [2.45, 2.75) is 58.8 Å². The molecule has 8 heteroatoms. The van der Waals surface area contributed by atoms with Crippen molar-refractivity contribution in [3.63, 3.8) is 0 Å². The molecule has 0 bridgehead atoms. The molecule has 4 aromatic rings. The summed E-state index contributed by atoms with van der Waals surface area (Å²) < 4.78 is 1.76. The number of piperidine rings is 1. The van der Waals surface area contributed by atoms with Gasteiger partial charge in [-0.05, 0) is 87.7 Å². The lowest BCUT2D eigenvalue weighted by atomic mass is 9.76. The highest BCUT2D eigenvalue weighted by atomic mass is 16.2. The molecule has 0 aliphatic carbocycles. The first-order valence-electron chi connectivity index (χ1n) is 14.6. The van der Waals surface area contributed by atoms with Crippen LogP contribution in [-0.4, -0.2) is 39.7 Å². The van der Waals surface area contributed by atoms with Crippen molar-refractivity contribution in [1.82, 2.24) is 20.1 Å². The van der Waals surface area contributed by atoms with Gasteiger partial charge in [0.05, 0.1) is 17.3 Å². The fourth-order valence-corrected chi connectivity index (χ4v) is 5.50. The molecule has 1 aliphatic heterocycles. The van der Waals surface area contributed by atoms with E-state index in [0.29, 0.717) is 17.1 Å². The highest BCUT2D eigenvalue weighted by Gasteiger charge is 2.32. The lowest BCUT2D eigenvalue weighted by molar-refractivity contribution is 0.0915. The number of rotatable bonds is 7. The number of hydrogen-bond donors (Lipinski definition) is 3. The van der Waals surface area contributed by atoms with Gasteiger partial charge in [0.2, 0.25) is 0 Å². The number of amides is 2. The quantitative estimate of drug-likeness (QED) is 0.215. The van der Waals surface area contributed by atoms with Crippen molar-refractivity contribution in [2.24, 2.45) is 5.92 Å². The van der Waals surface area contributed by atoms with Gasteiger partial charge in [0.25, 0.3) is 0 Å². The number of nitrogens with one attached hydrogen (secondary N) is 3. The third-order valence-corrected chi connectivity index (χ3v) is 7.94. The molecule has 3 N–H and O–H groups in total. The summed E-state index contributed by atoms with van der Waals surface area (Å²) in [7, 11) is 0. The molecule has 0 saturated carbocycles. The molecule has 0 radical (unpaired) electrons. The topological polar surface area (TPSA) is 101 Å². The number of Topliss-reactive ketones (excluding diaryl/α,β-unsaturated/α-hetero) is 1. The molecule has 2 amide bonds. The van der Waals surface area contributed by atoms with E-state index >= 15 is 0 Å². The van der Waals surface area contributed by atoms with Crippen LogP contribution in [0.25, 0.3) is 5.69 Å². The van der Waals surface area contributed by atoms with Gasteiger partial charge in [-0.25, -0.2) is 9.48 Å². The molecule has 1 fully saturated rings. The highest BCUT2D eigenvalue weighted by molar-refractivity contribution is 6.02. The Labute approximate surface area is 248 Å². The number of nitrogens with zero attached hydrogens (tertiary/aromatic N) is 3. The number of ketones is 1. The molecule has 0 spiro atoms. The van der Waals surface area contributed by atoms with E-state index in [4.69, 9.17) is 5.10 Å². The maximum absolute atomic E-state index is 13.8. The summed E-state index contributed by atoms with van der Waals surface area (Å²) in [5.41, 5.74) is 5.72. The monoisotopic (exact) mass is 564 g/mol. The number of hydrogen-bond acceptors (Lipinski definition) is 5. The average Bonchev–Trinajstić information content (AvgIpc) is 3.39. The van der Waals surface area contributed by atoms with Crippen molar-refractivity contribution in [3.05, 3.63) is 101 Å². The summed E-state index contributed by atoms with van der Waals surface area (Å²) in [5.74, 6) is 0.656. The van der Waals surface area contributed by atoms with E-state index in [9.17, 15) is 9.59 Å². The maximum Gasteiger partial charge on any atom is 0.324 e. The Bertz CT molecular complexity index is 1540. The van der Waals surface area contributed by atoms with Crippen molar-refractivity contribution < 1.29 is 9.59 Å². The third-order valence-electron chi connectivity index (χ3n) is 7.94. The Hall–Kier alpha value is -4.30. The second-order valence-corrected chi connectivity index (χ2v) is 12.2. The van der Waals surface area contributed by atoms with Crippen molar-refractivity contribution in [2.75, 3.05) is 23.7 Å². The molecule has 2 aromatic carbocycles. The molecule has 1 unspecified atom stereocenters. The zero-order valence-corrected chi connectivity index (χ0v) is 25.1. The normalized spacial score (nSPS) is 14.8. The number of anilines is 2. The fourth-order valence-electron chi connectivity index (χ4n) is 5.50.